The SMILES string of the molecule is CN(CCCC(=O)O)C(=O)Nc1c(F)cc(F)cc1Cl. The highest BCUT2D eigenvalue weighted by atomic mass is 35.5. The molecule has 0 aromatic heterocycles. The molecule has 0 spiro atoms. The summed E-state index contributed by atoms with van der Waals surface area (Å²) in [5.41, 5.74) is -0.317. The van der Waals surface area contributed by atoms with Crippen LogP contribution in [0.3, 0.4) is 0 Å². The van der Waals surface area contributed by atoms with Crippen LogP contribution in [-0.4, -0.2) is 35.6 Å². The van der Waals surface area contributed by atoms with Gasteiger partial charge in [-0.2, -0.15) is 0 Å². The Morgan fingerprint density at radius 3 is 2.60 bits per heavy atom. The molecule has 0 aliphatic rings. The molecule has 0 radical (unpaired) electrons. The molecule has 0 aliphatic heterocycles. The van der Waals surface area contributed by atoms with Gasteiger partial charge in [0.25, 0.3) is 0 Å². The number of benzene rings is 1. The van der Waals surface area contributed by atoms with Gasteiger partial charge in [0.1, 0.15) is 5.82 Å². The van der Waals surface area contributed by atoms with Crippen molar-refractivity contribution in [3.63, 3.8) is 0 Å². The third-order valence-electron chi connectivity index (χ3n) is 2.47. The third-order valence-corrected chi connectivity index (χ3v) is 2.77. The minimum atomic E-state index is -0.984. The van der Waals surface area contributed by atoms with Crippen LogP contribution < -0.4 is 5.32 Å². The largest absolute Gasteiger partial charge is 0.481 e. The van der Waals surface area contributed by atoms with Crippen molar-refractivity contribution in [1.29, 1.82) is 0 Å². The quantitative estimate of drug-likeness (QED) is 0.878. The first-order chi connectivity index (χ1) is 9.31. The van der Waals surface area contributed by atoms with Crippen molar-refractivity contribution in [1.82, 2.24) is 4.90 Å². The molecule has 0 fully saturated rings. The highest BCUT2D eigenvalue weighted by Crippen LogP contribution is 2.26. The molecular formula is C12H13ClF2N2O3. The number of aliphatic carboxylic acids is 1. The molecule has 0 heterocycles. The molecule has 1 aromatic carbocycles. The number of hydrogen-bond acceptors (Lipinski definition) is 2. The summed E-state index contributed by atoms with van der Waals surface area (Å²) in [7, 11) is 1.42. The minimum absolute atomic E-state index is 0.0801. The van der Waals surface area contributed by atoms with E-state index in [-0.39, 0.29) is 30.1 Å². The number of anilines is 1. The number of carbonyl (C=O) groups excluding carboxylic acids is 1. The average Bonchev–Trinajstić information content (AvgIpc) is 2.32. The minimum Gasteiger partial charge on any atom is -0.481 e. The van der Waals surface area contributed by atoms with Crippen molar-refractivity contribution in [2.75, 3.05) is 18.9 Å². The normalized spacial score (nSPS) is 10.2. The first-order valence-electron chi connectivity index (χ1n) is 5.69. The summed E-state index contributed by atoms with van der Waals surface area (Å²) in [6.07, 6.45) is 0.183. The summed E-state index contributed by atoms with van der Waals surface area (Å²) in [6.45, 7) is 0.179. The van der Waals surface area contributed by atoms with Gasteiger partial charge in [-0.15, -0.1) is 0 Å². The Balaban J connectivity index is 2.64. The summed E-state index contributed by atoms with van der Waals surface area (Å²) in [5, 5.41) is 10.4. The predicted molar refractivity (Wildman–Crippen MR) is 69.9 cm³/mol. The van der Waals surface area contributed by atoms with Gasteiger partial charge in [-0.05, 0) is 12.5 Å². The van der Waals surface area contributed by atoms with Gasteiger partial charge in [0.2, 0.25) is 0 Å². The molecule has 0 saturated heterocycles. The second-order valence-electron chi connectivity index (χ2n) is 4.09. The lowest BCUT2D eigenvalue weighted by molar-refractivity contribution is -0.137. The van der Waals surface area contributed by atoms with Crippen molar-refractivity contribution in [2.24, 2.45) is 0 Å². The van der Waals surface area contributed by atoms with Crippen molar-refractivity contribution >= 4 is 29.3 Å². The lowest BCUT2D eigenvalue weighted by Gasteiger charge is -2.18. The van der Waals surface area contributed by atoms with Crippen molar-refractivity contribution in [2.45, 2.75) is 12.8 Å². The van der Waals surface area contributed by atoms with E-state index in [9.17, 15) is 18.4 Å². The summed E-state index contributed by atoms with van der Waals surface area (Å²) in [5.74, 6) is -2.80. The Kier molecular flexibility index (Phi) is 5.69. The third kappa shape index (κ3) is 4.65. The fourth-order valence-electron chi connectivity index (χ4n) is 1.43. The van der Waals surface area contributed by atoms with E-state index < -0.39 is 23.6 Å². The van der Waals surface area contributed by atoms with Gasteiger partial charge in [0, 0.05) is 26.1 Å². The van der Waals surface area contributed by atoms with Crippen LogP contribution in [0.25, 0.3) is 0 Å². The van der Waals surface area contributed by atoms with Gasteiger partial charge >= 0.3 is 12.0 Å². The van der Waals surface area contributed by atoms with E-state index in [0.717, 1.165) is 6.07 Å². The first-order valence-corrected chi connectivity index (χ1v) is 6.07. The van der Waals surface area contributed by atoms with E-state index in [1.807, 2.05) is 0 Å². The number of urea groups is 1. The predicted octanol–water partition coefficient (Wildman–Crippen LogP) is 2.95. The molecule has 2 amide bonds. The number of rotatable bonds is 5. The van der Waals surface area contributed by atoms with Gasteiger partial charge < -0.3 is 15.3 Å². The zero-order valence-electron chi connectivity index (χ0n) is 10.6. The highest BCUT2D eigenvalue weighted by Gasteiger charge is 2.15. The first kappa shape index (κ1) is 16.2. The lowest BCUT2D eigenvalue weighted by Crippen LogP contribution is -2.32. The number of carbonyl (C=O) groups is 2. The Hall–Kier alpha value is -1.89. The van der Waals surface area contributed by atoms with Crippen molar-refractivity contribution < 1.29 is 23.5 Å². The van der Waals surface area contributed by atoms with Crippen LogP contribution in [0.4, 0.5) is 19.3 Å². The second kappa shape index (κ2) is 7.04. The topological polar surface area (TPSA) is 69.6 Å². The van der Waals surface area contributed by atoms with Crippen LogP contribution in [0.5, 0.6) is 0 Å². The van der Waals surface area contributed by atoms with Crippen LogP contribution in [0, 0.1) is 11.6 Å². The molecule has 8 heteroatoms. The lowest BCUT2D eigenvalue weighted by atomic mass is 10.3. The molecule has 1 aromatic rings. The van der Waals surface area contributed by atoms with Crippen LogP contribution in [0.15, 0.2) is 12.1 Å². The average molecular weight is 307 g/mol. The van der Waals surface area contributed by atoms with Crippen LogP contribution >= 0.6 is 11.6 Å². The molecule has 1 rings (SSSR count). The van der Waals surface area contributed by atoms with Gasteiger partial charge in [0.05, 0.1) is 10.7 Å². The van der Waals surface area contributed by atoms with Gasteiger partial charge in [-0.25, -0.2) is 13.6 Å². The molecule has 2 N–H and O–H groups in total. The van der Waals surface area contributed by atoms with Gasteiger partial charge in [-0.1, -0.05) is 11.6 Å². The standard InChI is InChI=1S/C12H13ClF2N2O3/c1-17(4-2-3-10(18)19)12(20)16-11-8(13)5-7(14)6-9(11)15/h5-6H,2-4H2,1H3,(H,16,20)(H,18,19). The molecule has 0 atom stereocenters. The molecule has 0 aliphatic carbocycles. The van der Waals surface area contributed by atoms with E-state index in [2.05, 4.69) is 5.32 Å². The van der Waals surface area contributed by atoms with E-state index >= 15 is 0 Å². The molecule has 20 heavy (non-hydrogen) atoms. The molecule has 0 unspecified atom stereocenters. The molecule has 0 bridgehead atoms. The van der Waals surface area contributed by atoms with Crippen molar-refractivity contribution in [3.05, 3.63) is 28.8 Å². The Morgan fingerprint density at radius 2 is 2.05 bits per heavy atom. The summed E-state index contributed by atoms with van der Waals surface area (Å²) in [6, 6.07) is 0.819. The smallest absolute Gasteiger partial charge is 0.321 e. The molecule has 110 valence electrons. The number of hydrogen-bond donors (Lipinski definition) is 2. The number of carboxylic acid groups (broad SMARTS) is 1. The van der Waals surface area contributed by atoms with Crippen LogP contribution in [0.1, 0.15) is 12.8 Å². The number of carboxylic acids is 1. The van der Waals surface area contributed by atoms with E-state index in [0.29, 0.717) is 6.07 Å². The Morgan fingerprint density at radius 1 is 1.40 bits per heavy atom. The molecule has 0 saturated carbocycles. The number of halogens is 3. The zero-order chi connectivity index (χ0) is 15.3. The van der Waals surface area contributed by atoms with Gasteiger partial charge in [-0.3, -0.25) is 4.79 Å². The maximum absolute atomic E-state index is 13.5. The highest BCUT2D eigenvalue weighted by molar-refractivity contribution is 6.33. The second-order valence-corrected chi connectivity index (χ2v) is 4.50. The van der Waals surface area contributed by atoms with E-state index in [1.165, 1.54) is 11.9 Å². The zero-order valence-corrected chi connectivity index (χ0v) is 11.4. The number of nitrogens with zero attached hydrogens (tertiary/aromatic N) is 1. The van der Waals surface area contributed by atoms with E-state index in [1.54, 1.807) is 0 Å². The Bertz CT molecular complexity index is 502. The van der Waals surface area contributed by atoms with Gasteiger partial charge in [0.15, 0.2) is 5.82 Å². The fraction of sp³-hybridized carbons (Fsp3) is 0.333. The van der Waals surface area contributed by atoms with Crippen LogP contribution in [0.2, 0.25) is 5.02 Å². The summed E-state index contributed by atoms with van der Waals surface area (Å²) >= 11 is 5.64. The maximum atomic E-state index is 13.5. The van der Waals surface area contributed by atoms with Crippen molar-refractivity contribution in [3.8, 4) is 0 Å². The summed E-state index contributed by atoms with van der Waals surface area (Å²) < 4.78 is 26.3. The fourth-order valence-corrected chi connectivity index (χ4v) is 1.67. The summed E-state index contributed by atoms with van der Waals surface area (Å²) in [4.78, 5) is 23.2. The van der Waals surface area contributed by atoms with E-state index in [4.69, 9.17) is 16.7 Å². The maximum Gasteiger partial charge on any atom is 0.321 e. The number of nitrogens with one attached hydrogen (secondary N) is 1. The van der Waals surface area contributed by atoms with Crippen LogP contribution in [-0.2, 0) is 4.79 Å². The number of amides is 2. The molecule has 5 nitrogen and oxygen atoms in total. The monoisotopic (exact) mass is 306 g/mol. The molecular weight excluding hydrogens is 294 g/mol. The Labute approximate surface area is 119 Å².